The summed E-state index contributed by atoms with van der Waals surface area (Å²) in [6.45, 7) is 2.59. The first-order valence-electron chi connectivity index (χ1n) is 8.46. The molecule has 8 heteroatoms. The predicted octanol–water partition coefficient (Wildman–Crippen LogP) is 4.17. The fourth-order valence-corrected chi connectivity index (χ4v) is 3.53. The molecule has 0 bridgehead atoms. The van der Waals surface area contributed by atoms with E-state index in [1.165, 1.54) is 15.6 Å². The molecule has 0 saturated carbocycles. The number of rotatable bonds is 3. The van der Waals surface area contributed by atoms with Crippen molar-refractivity contribution >= 4 is 23.2 Å². The first-order valence-corrected chi connectivity index (χ1v) is 8.84. The molecule has 0 fully saturated rings. The molecule has 0 amide bonds. The molecule has 2 heterocycles. The number of alkyl halides is 2. The van der Waals surface area contributed by atoms with E-state index < -0.39 is 11.7 Å². The average Bonchev–Trinajstić information content (AvgIpc) is 2.99. The standard InChI is InChI=1S/C18H18ClF2N5/c1-10-7-15(26-17(22-10)24-16(25-26)18(2,20)21)23-14-6-4-11-3-5-13(19)8-12(11)9-14/h3,5,7-8,14,23H,4,6,9H2,1-2H3/t14-/m0/s1. The number of benzene rings is 1. The Balaban J connectivity index is 1.66. The number of halogens is 3. The zero-order valence-corrected chi connectivity index (χ0v) is 15.2. The van der Waals surface area contributed by atoms with E-state index in [9.17, 15) is 8.78 Å². The van der Waals surface area contributed by atoms with Crippen LogP contribution in [0.15, 0.2) is 24.3 Å². The summed E-state index contributed by atoms with van der Waals surface area (Å²) < 4.78 is 28.5. The molecule has 26 heavy (non-hydrogen) atoms. The Hall–Kier alpha value is -2.28. The van der Waals surface area contributed by atoms with Crippen molar-refractivity contribution in [3.05, 3.63) is 51.9 Å². The second-order valence-corrected chi connectivity index (χ2v) is 7.25. The van der Waals surface area contributed by atoms with E-state index in [2.05, 4.69) is 26.4 Å². The van der Waals surface area contributed by atoms with E-state index in [1.807, 2.05) is 12.1 Å². The lowest BCUT2D eigenvalue weighted by molar-refractivity contribution is 0.00800. The van der Waals surface area contributed by atoms with Crippen LogP contribution in [-0.2, 0) is 18.8 Å². The van der Waals surface area contributed by atoms with Gasteiger partial charge < -0.3 is 5.32 Å². The molecule has 0 aliphatic heterocycles. The van der Waals surface area contributed by atoms with Crippen LogP contribution in [0.3, 0.4) is 0 Å². The van der Waals surface area contributed by atoms with Crippen LogP contribution < -0.4 is 5.32 Å². The molecule has 3 aromatic rings. The van der Waals surface area contributed by atoms with Gasteiger partial charge in [-0.1, -0.05) is 17.7 Å². The van der Waals surface area contributed by atoms with Gasteiger partial charge in [-0.25, -0.2) is 4.98 Å². The molecule has 0 radical (unpaired) electrons. The Morgan fingerprint density at radius 3 is 2.81 bits per heavy atom. The monoisotopic (exact) mass is 377 g/mol. The Labute approximate surface area is 154 Å². The zero-order valence-electron chi connectivity index (χ0n) is 14.4. The van der Waals surface area contributed by atoms with Crippen LogP contribution in [-0.4, -0.2) is 25.6 Å². The maximum Gasteiger partial charge on any atom is 0.305 e. The van der Waals surface area contributed by atoms with Gasteiger partial charge in [0.15, 0.2) is 0 Å². The number of hydrogen-bond donors (Lipinski definition) is 1. The van der Waals surface area contributed by atoms with Crippen LogP contribution in [0.5, 0.6) is 0 Å². The summed E-state index contributed by atoms with van der Waals surface area (Å²) in [6, 6.07) is 7.91. The van der Waals surface area contributed by atoms with Crippen molar-refractivity contribution in [3.8, 4) is 0 Å². The zero-order chi connectivity index (χ0) is 18.5. The van der Waals surface area contributed by atoms with E-state index >= 15 is 0 Å². The number of nitrogens with zero attached hydrogens (tertiary/aromatic N) is 4. The minimum atomic E-state index is -3.11. The summed E-state index contributed by atoms with van der Waals surface area (Å²) in [6.07, 6.45) is 2.68. The van der Waals surface area contributed by atoms with Gasteiger partial charge in [0, 0.05) is 29.7 Å². The number of anilines is 1. The SMILES string of the molecule is Cc1cc(N[C@H]2CCc3ccc(Cl)cc3C2)n2nc(C(C)(F)F)nc2n1. The lowest BCUT2D eigenvalue weighted by Crippen LogP contribution is -2.28. The third-order valence-electron chi connectivity index (χ3n) is 4.58. The quantitative estimate of drug-likeness (QED) is 0.744. The lowest BCUT2D eigenvalue weighted by Gasteiger charge is -2.26. The molecule has 1 aliphatic carbocycles. The molecule has 5 nitrogen and oxygen atoms in total. The first-order chi connectivity index (χ1) is 12.3. The molecular formula is C18H18ClF2N5. The Kier molecular flexibility index (Phi) is 4.06. The van der Waals surface area contributed by atoms with Crippen molar-refractivity contribution in [2.24, 2.45) is 0 Å². The van der Waals surface area contributed by atoms with Crippen LogP contribution >= 0.6 is 11.6 Å². The van der Waals surface area contributed by atoms with E-state index in [4.69, 9.17) is 11.6 Å². The minimum Gasteiger partial charge on any atom is -0.367 e. The summed E-state index contributed by atoms with van der Waals surface area (Å²) in [4.78, 5) is 8.09. The number of hydrogen-bond acceptors (Lipinski definition) is 4. The summed E-state index contributed by atoms with van der Waals surface area (Å²) in [5.41, 5.74) is 3.21. The van der Waals surface area contributed by atoms with Crippen molar-refractivity contribution in [2.45, 2.75) is 45.1 Å². The smallest absolute Gasteiger partial charge is 0.305 e. The highest BCUT2D eigenvalue weighted by atomic mass is 35.5. The summed E-state index contributed by atoms with van der Waals surface area (Å²) >= 11 is 6.11. The van der Waals surface area contributed by atoms with Gasteiger partial charge in [-0.15, -0.1) is 5.10 Å². The highest BCUT2D eigenvalue weighted by molar-refractivity contribution is 6.30. The van der Waals surface area contributed by atoms with E-state index in [0.717, 1.165) is 31.2 Å². The van der Waals surface area contributed by atoms with E-state index in [1.54, 1.807) is 13.0 Å². The first kappa shape index (κ1) is 17.1. The maximum atomic E-state index is 13.6. The fraction of sp³-hybridized carbons (Fsp3) is 0.389. The van der Waals surface area contributed by atoms with Crippen molar-refractivity contribution in [2.75, 3.05) is 5.32 Å². The van der Waals surface area contributed by atoms with Crippen molar-refractivity contribution in [1.29, 1.82) is 0 Å². The molecule has 1 N–H and O–H groups in total. The molecule has 136 valence electrons. The van der Waals surface area contributed by atoms with Crippen LogP contribution in [0.1, 0.15) is 36.0 Å². The molecular weight excluding hydrogens is 360 g/mol. The summed E-state index contributed by atoms with van der Waals surface area (Å²) in [5.74, 6) is -2.85. The Bertz CT molecular complexity index is 980. The van der Waals surface area contributed by atoms with Crippen molar-refractivity contribution < 1.29 is 8.78 Å². The molecule has 0 spiro atoms. The molecule has 4 rings (SSSR count). The molecule has 0 saturated heterocycles. The Morgan fingerprint density at radius 2 is 2.04 bits per heavy atom. The number of aromatic nitrogens is 4. The van der Waals surface area contributed by atoms with Gasteiger partial charge in [0.05, 0.1) is 0 Å². The molecule has 1 atom stereocenters. The van der Waals surface area contributed by atoms with Crippen LogP contribution in [0, 0.1) is 6.92 Å². The second kappa shape index (κ2) is 6.16. The highest BCUT2D eigenvalue weighted by Gasteiger charge is 2.31. The van der Waals surface area contributed by atoms with Gasteiger partial charge >= 0.3 is 5.92 Å². The number of aryl methyl sites for hydroxylation is 2. The van der Waals surface area contributed by atoms with E-state index in [0.29, 0.717) is 11.5 Å². The summed E-state index contributed by atoms with van der Waals surface area (Å²) in [7, 11) is 0. The molecule has 1 aliphatic rings. The second-order valence-electron chi connectivity index (χ2n) is 6.82. The van der Waals surface area contributed by atoms with E-state index in [-0.39, 0.29) is 11.8 Å². The maximum absolute atomic E-state index is 13.6. The van der Waals surface area contributed by atoms with Gasteiger partial charge in [-0.3, -0.25) is 0 Å². The summed E-state index contributed by atoms with van der Waals surface area (Å²) in [5, 5.41) is 8.10. The minimum absolute atomic E-state index is 0.153. The molecule has 0 unspecified atom stereocenters. The third-order valence-corrected chi connectivity index (χ3v) is 4.82. The van der Waals surface area contributed by atoms with Gasteiger partial charge in [0.2, 0.25) is 5.82 Å². The van der Waals surface area contributed by atoms with Gasteiger partial charge in [-0.2, -0.15) is 18.3 Å². The van der Waals surface area contributed by atoms with Gasteiger partial charge in [0.1, 0.15) is 5.82 Å². The van der Waals surface area contributed by atoms with Crippen LogP contribution in [0.2, 0.25) is 5.02 Å². The van der Waals surface area contributed by atoms with Crippen molar-refractivity contribution in [3.63, 3.8) is 0 Å². The topological polar surface area (TPSA) is 55.1 Å². The van der Waals surface area contributed by atoms with Crippen LogP contribution in [0.4, 0.5) is 14.6 Å². The third kappa shape index (κ3) is 3.23. The Morgan fingerprint density at radius 1 is 1.23 bits per heavy atom. The van der Waals surface area contributed by atoms with Crippen molar-refractivity contribution in [1.82, 2.24) is 19.6 Å². The number of fused-ring (bicyclic) bond motifs is 2. The van der Waals surface area contributed by atoms with Crippen LogP contribution in [0.25, 0.3) is 5.78 Å². The normalized spacial score (nSPS) is 17.3. The van der Waals surface area contributed by atoms with Gasteiger partial charge in [0.25, 0.3) is 5.78 Å². The highest BCUT2D eigenvalue weighted by Crippen LogP contribution is 2.28. The molecule has 1 aromatic carbocycles. The largest absolute Gasteiger partial charge is 0.367 e. The lowest BCUT2D eigenvalue weighted by atomic mass is 9.88. The number of nitrogens with one attached hydrogen (secondary N) is 1. The fourth-order valence-electron chi connectivity index (χ4n) is 3.33. The average molecular weight is 378 g/mol. The van der Waals surface area contributed by atoms with Gasteiger partial charge in [-0.05, 0) is 49.4 Å². The molecule has 2 aromatic heterocycles. The predicted molar refractivity (Wildman–Crippen MR) is 96.0 cm³/mol.